The summed E-state index contributed by atoms with van der Waals surface area (Å²) in [5, 5.41) is 9.52. The number of phenols is 1. The first-order valence-electron chi connectivity index (χ1n) is 8.50. The maximum atomic E-state index is 12.9. The molecule has 27 heavy (non-hydrogen) atoms. The van der Waals surface area contributed by atoms with Crippen LogP contribution in [0.4, 0.5) is 0 Å². The number of rotatable bonds is 7. The molecule has 0 aliphatic heterocycles. The van der Waals surface area contributed by atoms with E-state index in [1.807, 2.05) is 35.0 Å². The Morgan fingerprint density at radius 2 is 1.85 bits per heavy atom. The van der Waals surface area contributed by atoms with Crippen LogP contribution in [0.2, 0.25) is 0 Å². The van der Waals surface area contributed by atoms with Crippen molar-refractivity contribution in [2.45, 2.75) is 6.54 Å². The molecule has 0 atom stereocenters. The van der Waals surface area contributed by atoms with E-state index in [1.165, 1.54) is 0 Å². The first-order valence-corrected chi connectivity index (χ1v) is 8.50. The normalized spacial score (nSPS) is 10.9. The Kier molecular flexibility index (Phi) is 5.61. The monoisotopic (exact) mass is 363 g/mol. The molecule has 0 unspecified atom stereocenters. The maximum Gasteiger partial charge on any atom is 0.209 e. The van der Waals surface area contributed by atoms with E-state index in [0.717, 1.165) is 5.56 Å². The van der Waals surface area contributed by atoms with E-state index >= 15 is 0 Å². The van der Waals surface area contributed by atoms with Crippen molar-refractivity contribution in [3.05, 3.63) is 83.7 Å². The molecule has 0 bridgehead atoms. The highest BCUT2D eigenvalue weighted by Gasteiger charge is 2.15. The SMILES string of the molecule is COc1ccc(C(=O)c2cccn2C/C=C/c2cccc(O)c2)cc1OC. The van der Waals surface area contributed by atoms with Gasteiger partial charge in [-0.1, -0.05) is 24.3 Å². The third kappa shape index (κ3) is 4.20. The van der Waals surface area contributed by atoms with E-state index in [1.54, 1.807) is 56.7 Å². The van der Waals surface area contributed by atoms with Gasteiger partial charge in [0.25, 0.3) is 0 Å². The first-order chi connectivity index (χ1) is 13.1. The average Bonchev–Trinajstić information content (AvgIpc) is 3.15. The van der Waals surface area contributed by atoms with Crippen LogP contribution in [0.5, 0.6) is 17.2 Å². The van der Waals surface area contributed by atoms with Crippen LogP contribution in [0.1, 0.15) is 21.6 Å². The Bertz CT molecular complexity index is 972. The standard InChI is InChI=1S/C22H21NO4/c1-26-20-11-10-17(15-21(20)27-2)22(25)19-9-5-13-23(19)12-4-7-16-6-3-8-18(24)14-16/h3-11,13-15,24H,12H2,1-2H3/b7-4+. The van der Waals surface area contributed by atoms with Crippen LogP contribution in [0, 0.1) is 0 Å². The van der Waals surface area contributed by atoms with E-state index in [9.17, 15) is 9.90 Å². The van der Waals surface area contributed by atoms with Crippen molar-refractivity contribution in [2.24, 2.45) is 0 Å². The van der Waals surface area contributed by atoms with Crippen LogP contribution in [-0.2, 0) is 6.54 Å². The van der Waals surface area contributed by atoms with Gasteiger partial charge in [-0.15, -0.1) is 0 Å². The molecule has 5 nitrogen and oxygen atoms in total. The number of ether oxygens (including phenoxy) is 2. The van der Waals surface area contributed by atoms with Crippen molar-refractivity contribution < 1.29 is 19.4 Å². The predicted octanol–water partition coefficient (Wildman–Crippen LogP) is 4.16. The van der Waals surface area contributed by atoms with Gasteiger partial charge >= 0.3 is 0 Å². The lowest BCUT2D eigenvalue weighted by Gasteiger charge is -2.10. The lowest BCUT2D eigenvalue weighted by atomic mass is 10.1. The first kappa shape index (κ1) is 18.3. The zero-order valence-corrected chi connectivity index (χ0v) is 15.3. The van der Waals surface area contributed by atoms with Gasteiger partial charge in [-0.2, -0.15) is 0 Å². The number of hydrogen-bond donors (Lipinski definition) is 1. The Balaban J connectivity index is 1.79. The molecule has 1 N–H and O–H groups in total. The number of hydrogen-bond acceptors (Lipinski definition) is 4. The second-order valence-corrected chi connectivity index (χ2v) is 5.94. The van der Waals surface area contributed by atoms with Crippen LogP contribution in [0.3, 0.4) is 0 Å². The molecule has 138 valence electrons. The second-order valence-electron chi connectivity index (χ2n) is 5.94. The van der Waals surface area contributed by atoms with Gasteiger partial charge in [0.15, 0.2) is 11.5 Å². The number of carbonyl (C=O) groups is 1. The minimum absolute atomic E-state index is 0.0910. The number of nitrogens with zero attached hydrogens (tertiary/aromatic N) is 1. The fraction of sp³-hybridized carbons (Fsp3) is 0.136. The lowest BCUT2D eigenvalue weighted by molar-refractivity contribution is 0.103. The number of phenolic OH excluding ortho intramolecular Hbond substituents is 1. The molecule has 1 heterocycles. The van der Waals surface area contributed by atoms with Crippen LogP contribution in [-0.4, -0.2) is 29.7 Å². The van der Waals surface area contributed by atoms with Crippen LogP contribution in [0.25, 0.3) is 6.08 Å². The third-order valence-electron chi connectivity index (χ3n) is 4.19. The third-order valence-corrected chi connectivity index (χ3v) is 4.19. The van der Waals surface area contributed by atoms with E-state index in [0.29, 0.717) is 29.3 Å². The topological polar surface area (TPSA) is 60.7 Å². The molecular weight excluding hydrogens is 342 g/mol. The molecule has 0 amide bonds. The molecule has 1 aromatic heterocycles. The largest absolute Gasteiger partial charge is 0.508 e. The van der Waals surface area contributed by atoms with E-state index in [-0.39, 0.29) is 11.5 Å². The van der Waals surface area contributed by atoms with Crippen molar-refractivity contribution >= 4 is 11.9 Å². The molecule has 0 spiro atoms. The van der Waals surface area contributed by atoms with Gasteiger partial charge in [0.2, 0.25) is 5.78 Å². The van der Waals surface area contributed by atoms with Gasteiger partial charge in [0, 0.05) is 18.3 Å². The number of ketones is 1. The summed E-state index contributed by atoms with van der Waals surface area (Å²) in [6.07, 6.45) is 5.71. The van der Waals surface area contributed by atoms with Crippen molar-refractivity contribution in [1.29, 1.82) is 0 Å². The minimum Gasteiger partial charge on any atom is -0.508 e. The van der Waals surface area contributed by atoms with Gasteiger partial charge in [-0.3, -0.25) is 4.79 Å². The van der Waals surface area contributed by atoms with Gasteiger partial charge < -0.3 is 19.1 Å². The quantitative estimate of drug-likeness (QED) is 0.641. The maximum absolute atomic E-state index is 12.9. The molecular formula is C22H21NO4. The highest BCUT2D eigenvalue weighted by molar-refractivity contribution is 6.08. The van der Waals surface area contributed by atoms with Crippen molar-refractivity contribution in [1.82, 2.24) is 4.57 Å². The zero-order valence-electron chi connectivity index (χ0n) is 15.3. The van der Waals surface area contributed by atoms with Crippen molar-refractivity contribution in [3.8, 4) is 17.2 Å². The van der Waals surface area contributed by atoms with Crippen LogP contribution < -0.4 is 9.47 Å². The summed E-state index contributed by atoms with van der Waals surface area (Å²) >= 11 is 0. The number of allylic oxidation sites excluding steroid dienone is 1. The Labute approximate surface area is 158 Å². The number of carbonyl (C=O) groups excluding carboxylic acids is 1. The lowest BCUT2D eigenvalue weighted by Crippen LogP contribution is -2.09. The molecule has 0 aliphatic rings. The van der Waals surface area contributed by atoms with Crippen LogP contribution in [0.15, 0.2) is 66.9 Å². The van der Waals surface area contributed by atoms with Gasteiger partial charge in [0.1, 0.15) is 5.75 Å². The molecule has 0 fully saturated rings. The van der Waals surface area contributed by atoms with E-state index in [4.69, 9.17) is 9.47 Å². The fourth-order valence-electron chi connectivity index (χ4n) is 2.84. The summed E-state index contributed by atoms with van der Waals surface area (Å²) < 4.78 is 12.4. The number of benzene rings is 2. The van der Waals surface area contributed by atoms with Crippen molar-refractivity contribution in [3.63, 3.8) is 0 Å². The van der Waals surface area contributed by atoms with Gasteiger partial charge in [-0.25, -0.2) is 0 Å². The summed E-state index contributed by atoms with van der Waals surface area (Å²) in [7, 11) is 3.10. The number of methoxy groups -OCH3 is 2. The van der Waals surface area contributed by atoms with E-state index in [2.05, 4.69) is 0 Å². The summed E-state index contributed by atoms with van der Waals surface area (Å²) in [6.45, 7) is 0.539. The summed E-state index contributed by atoms with van der Waals surface area (Å²) in [5.74, 6) is 1.23. The Morgan fingerprint density at radius 1 is 1.04 bits per heavy atom. The van der Waals surface area contributed by atoms with Crippen LogP contribution >= 0.6 is 0 Å². The molecule has 3 aromatic rings. The smallest absolute Gasteiger partial charge is 0.209 e. The minimum atomic E-state index is -0.0910. The summed E-state index contributed by atoms with van der Waals surface area (Å²) in [4.78, 5) is 12.9. The number of aromatic hydroxyl groups is 1. The molecule has 0 saturated heterocycles. The predicted molar refractivity (Wildman–Crippen MR) is 105 cm³/mol. The summed E-state index contributed by atoms with van der Waals surface area (Å²) in [5.41, 5.74) is 2.02. The highest BCUT2D eigenvalue weighted by atomic mass is 16.5. The zero-order chi connectivity index (χ0) is 19.2. The molecule has 0 radical (unpaired) electrons. The van der Waals surface area contributed by atoms with Crippen molar-refractivity contribution in [2.75, 3.05) is 14.2 Å². The van der Waals surface area contributed by atoms with Gasteiger partial charge in [-0.05, 0) is 48.0 Å². The Morgan fingerprint density at radius 3 is 2.59 bits per heavy atom. The molecule has 2 aromatic carbocycles. The molecule has 5 heteroatoms. The average molecular weight is 363 g/mol. The second kappa shape index (κ2) is 8.27. The van der Waals surface area contributed by atoms with E-state index < -0.39 is 0 Å². The number of aromatic nitrogens is 1. The summed E-state index contributed by atoms with van der Waals surface area (Å²) in [6, 6.07) is 15.8. The van der Waals surface area contributed by atoms with Gasteiger partial charge in [0.05, 0.1) is 19.9 Å². The highest BCUT2D eigenvalue weighted by Crippen LogP contribution is 2.28. The molecule has 0 aliphatic carbocycles. The molecule has 3 rings (SSSR count). The molecule has 0 saturated carbocycles. The fourth-order valence-corrected chi connectivity index (χ4v) is 2.84. The Hall–Kier alpha value is -3.47.